The molecule has 0 bridgehead atoms. The molecule has 14 atom stereocenters. The lowest BCUT2D eigenvalue weighted by molar-refractivity contribution is -0.355. The van der Waals surface area contributed by atoms with E-state index in [1.165, 1.54) is 6.92 Å². The maximum absolute atomic E-state index is 13.3. The predicted molar refractivity (Wildman–Crippen MR) is 188 cm³/mol. The Morgan fingerprint density at radius 3 is 2.26 bits per heavy atom. The monoisotopic (exact) mass is 763 g/mol. The molecular weight excluding hydrogens is 710 g/mol. The second kappa shape index (κ2) is 18.4. The van der Waals surface area contributed by atoms with E-state index in [2.05, 4.69) is 5.32 Å². The number of nitrogens with one attached hydrogen (secondary N) is 1. The van der Waals surface area contributed by atoms with Crippen LogP contribution in [0.4, 0.5) is 0 Å². The smallest absolute Gasteiger partial charge is 0.332 e. The fraction of sp³-hybridized carbons (Fsp3) is 0.684. The lowest BCUT2D eigenvalue weighted by atomic mass is 9.85. The van der Waals surface area contributed by atoms with Gasteiger partial charge in [-0.2, -0.15) is 0 Å². The van der Waals surface area contributed by atoms with Gasteiger partial charge in [-0.3, -0.25) is 4.79 Å². The normalized spacial score (nSPS) is 37.1. The molecule has 54 heavy (non-hydrogen) atoms. The summed E-state index contributed by atoms with van der Waals surface area (Å²) in [6, 6.07) is 12.9. The van der Waals surface area contributed by atoms with Gasteiger partial charge in [-0.1, -0.05) is 62.4 Å². The SMILES string of the molecule is C[C@H]1O[C@H](O[C@H]2C(CNC(=O)c3ccc4ccccc4c3)OCC[C@@H]2O[C@H]2O[C@@H](CO)[C@@H](O)[C@H](O[C@@H](CC3CCCCC3)C(=O)O)[C@H]2O)[C@@H](O)[C@H](O)[C@H]1O. The Morgan fingerprint density at radius 2 is 1.54 bits per heavy atom. The Labute approximate surface area is 312 Å². The van der Waals surface area contributed by atoms with Crippen LogP contribution in [-0.2, 0) is 33.2 Å². The first-order valence-corrected chi connectivity index (χ1v) is 18.8. The summed E-state index contributed by atoms with van der Waals surface area (Å²) in [6.07, 6.45) is -14.2. The number of amides is 1. The van der Waals surface area contributed by atoms with Gasteiger partial charge in [0.1, 0.15) is 54.9 Å². The van der Waals surface area contributed by atoms with E-state index in [9.17, 15) is 45.3 Å². The molecule has 16 heteroatoms. The highest BCUT2D eigenvalue weighted by atomic mass is 16.7. The third-order valence-corrected chi connectivity index (χ3v) is 11.0. The van der Waals surface area contributed by atoms with Crippen LogP contribution < -0.4 is 5.32 Å². The molecule has 1 aliphatic carbocycles. The van der Waals surface area contributed by atoms with Crippen molar-refractivity contribution in [1.82, 2.24) is 5.32 Å². The highest BCUT2D eigenvalue weighted by Crippen LogP contribution is 2.34. The molecule has 2 aromatic rings. The van der Waals surface area contributed by atoms with Gasteiger partial charge in [0.2, 0.25) is 0 Å². The van der Waals surface area contributed by atoms with E-state index in [1.807, 2.05) is 30.3 Å². The summed E-state index contributed by atoms with van der Waals surface area (Å²) in [4.78, 5) is 25.6. The van der Waals surface area contributed by atoms with Crippen molar-refractivity contribution in [3.8, 4) is 0 Å². The Balaban J connectivity index is 1.20. The first-order valence-electron chi connectivity index (χ1n) is 18.8. The van der Waals surface area contributed by atoms with E-state index in [4.69, 9.17) is 28.4 Å². The number of benzene rings is 2. The molecule has 0 spiro atoms. The van der Waals surface area contributed by atoms with E-state index in [0.717, 1.165) is 42.9 Å². The maximum atomic E-state index is 13.3. The second-order valence-electron chi connectivity index (χ2n) is 14.8. The molecule has 4 aliphatic rings. The van der Waals surface area contributed by atoms with Gasteiger partial charge < -0.3 is 69.5 Å². The molecule has 1 saturated carbocycles. The van der Waals surface area contributed by atoms with Crippen molar-refractivity contribution in [3.05, 3.63) is 48.0 Å². The van der Waals surface area contributed by atoms with Crippen molar-refractivity contribution in [3.63, 3.8) is 0 Å². The number of aliphatic carboxylic acids is 1. The summed E-state index contributed by atoms with van der Waals surface area (Å²) >= 11 is 0. The number of hydrogen-bond donors (Lipinski definition) is 8. The number of carbonyl (C=O) groups is 2. The van der Waals surface area contributed by atoms with E-state index < -0.39 is 104 Å². The second-order valence-corrected chi connectivity index (χ2v) is 14.8. The average Bonchev–Trinajstić information content (AvgIpc) is 3.18. The summed E-state index contributed by atoms with van der Waals surface area (Å²) in [5.41, 5.74) is 0.397. The average molecular weight is 764 g/mol. The molecule has 2 aromatic carbocycles. The number of hydrogen-bond acceptors (Lipinski definition) is 14. The van der Waals surface area contributed by atoms with Crippen LogP contribution in [-0.4, -0.2) is 153 Å². The molecule has 0 radical (unpaired) electrons. The fourth-order valence-corrected chi connectivity index (χ4v) is 7.86. The van der Waals surface area contributed by atoms with Crippen molar-refractivity contribution in [2.75, 3.05) is 19.8 Å². The minimum atomic E-state index is -1.72. The van der Waals surface area contributed by atoms with Gasteiger partial charge in [0.05, 0.1) is 18.8 Å². The zero-order valence-corrected chi connectivity index (χ0v) is 30.2. The van der Waals surface area contributed by atoms with Crippen LogP contribution in [0.2, 0.25) is 0 Å². The maximum Gasteiger partial charge on any atom is 0.332 e. The van der Waals surface area contributed by atoms with E-state index in [-0.39, 0.29) is 31.9 Å². The Bertz CT molecular complexity index is 1540. The number of aliphatic hydroxyl groups is 6. The summed E-state index contributed by atoms with van der Waals surface area (Å²) < 4.78 is 36.0. The lowest BCUT2D eigenvalue weighted by Crippen LogP contribution is -2.64. The van der Waals surface area contributed by atoms with Crippen molar-refractivity contribution >= 4 is 22.6 Å². The predicted octanol–water partition coefficient (Wildman–Crippen LogP) is 0.204. The van der Waals surface area contributed by atoms with Crippen LogP contribution >= 0.6 is 0 Å². The Morgan fingerprint density at radius 1 is 0.815 bits per heavy atom. The highest BCUT2D eigenvalue weighted by Gasteiger charge is 2.51. The number of ether oxygens (including phenoxy) is 6. The van der Waals surface area contributed by atoms with Crippen molar-refractivity contribution < 1.29 is 73.8 Å². The van der Waals surface area contributed by atoms with Gasteiger partial charge >= 0.3 is 5.97 Å². The molecule has 16 nitrogen and oxygen atoms in total. The van der Waals surface area contributed by atoms with Crippen LogP contribution in [0.15, 0.2) is 42.5 Å². The molecule has 1 unspecified atom stereocenters. The Kier molecular flexibility index (Phi) is 13.9. The first kappa shape index (κ1) is 40.8. The van der Waals surface area contributed by atoms with Crippen LogP contribution in [0, 0.1) is 5.92 Å². The molecule has 3 aliphatic heterocycles. The number of aliphatic hydroxyl groups excluding tert-OH is 6. The van der Waals surface area contributed by atoms with Crippen LogP contribution in [0.1, 0.15) is 62.2 Å². The zero-order chi connectivity index (χ0) is 38.5. The molecule has 300 valence electrons. The van der Waals surface area contributed by atoms with Gasteiger partial charge in [0.15, 0.2) is 18.7 Å². The minimum absolute atomic E-state index is 0.0874. The van der Waals surface area contributed by atoms with Crippen molar-refractivity contribution in [2.24, 2.45) is 5.92 Å². The number of carboxylic acids is 1. The molecule has 1 amide bonds. The fourth-order valence-electron chi connectivity index (χ4n) is 7.86. The van der Waals surface area contributed by atoms with E-state index in [1.54, 1.807) is 12.1 Å². The zero-order valence-electron chi connectivity index (χ0n) is 30.2. The number of fused-ring (bicyclic) bond motifs is 1. The molecule has 3 saturated heterocycles. The largest absolute Gasteiger partial charge is 0.479 e. The molecule has 6 rings (SSSR count). The molecular formula is C38H53NO15. The molecule has 4 fully saturated rings. The van der Waals surface area contributed by atoms with Crippen molar-refractivity contribution in [1.29, 1.82) is 0 Å². The summed E-state index contributed by atoms with van der Waals surface area (Å²) in [5.74, 6) is -1.55. The van der Waals surface area contributed by atoms with Gasteiger partial charge in [-0.15, -0.1) is 0 Å². The van der Waals surface area contributed by atoms with Gasteiger partial charge in [-0.05, 0) is 48.6 Å². The van der Waals surface area contributed by atoms with Crippen LogP contribution in [0.3, 0.4) is 0 Å². The first-order chi connectivity index (χ1) is 25.9. The Hall–Kier alpha value is -2.84. The van der Waals surface area contributed by atoms with Gasteiger partial charge in [0.25, 0.3) is 5.91 Å². The topological polar surface area (TPSA) is 243 Å². The lowest BCUT2D eigenvalue weighted by Gasteiger charge is -2.47. The number of carbonyl (C=O) groups excluding carboxylic acids is 1. The molecule has 8 N–H and O–H groups in total. The van der Waals surface area contributed by atoms with E-state index >= 15 is 0 Å². The van der Waals surface area contributed by atoms with Gasteiger partial charge in [0, 0.05) is 18.7 Å². The standard InChI is InChI=1S/C38H53NO15/c1-19-28(41)30(43)31(44)37(50-19)54-33-24(13-14-49-26(33)17-39-35(46)23-12-11-21-9-5-6-10-22(21)16-23)52-38-32(45)34(29(42)27(18-40)53-38)51-25(36(47)48)15-20-7-3-2-4-8-20/h5-6,9-12,16,19-20,24-34,37-38,40-45H,2-4,7-8,13-15,17-18H2,1H3,(H,39,46)(H,47,48)/t19-,24+,25+,26?,27+,28+,29-,30-,31+,32-,33-,34+,37-,38+/m1/s1. The molecule has 3 heterocycles. The van der Waals surface area contributed by atoms with Crippen LogP contribution in [0.5, 0.6) is 0 Å². The number of carboxylic acid groups (broad SMARTS) is 1. The van der Waals surface area contributed by atoms with Crippen LogP contribution in [0.25, 0.3) is 10.8 Å². The van der Waals surface area contributed by atoms with E-state index in [0.29, 0.717) is 5.56 Å². The molecule has 0 aromatic heterocycles. The summed E-state index contributed by atoms with van der Waals surface area (Å²) in [7, 11) is 0. The third kappa shape index (κ3) is 9.40. The minimum Gasteiger partial charge on any atom is -0.479 e. The highest BCUT2D eigenvalue weighted by molar-refractivity contribution is 5.98. The van der Waals surface area contributed by atoms with Gasteiger partial charge in [-0.25, -0.2) is 4.79 Å². The van der Waals surface area contributed by atoms with Crippen molar-refractivity contribution in [2.45, 2.75) is 138 Å². The summed E-state index contributed by atoms with van der Waals surface area (Å²) in [5, 5.41) is 79.0. The third-order valence-electron chi connectivity index (χ3n) is 11.0. The quantitative estimate of drug-likeness (QED) is 0.136. The summed E-state index contributed by atoms with van der Waals surface area (Å²) in [6.45, 7) is 0.766. The number of rotatable bonds is 13.